The zero-order chi connectivity index (χ0) is 18.7. The van der Waals surface area contributed by atoms with Crippen LogP contribution >= 0.6 is 34.5 Å². The number of nitrogens with zero attached hydrogens (tertiary/aromatic N) is 1. The lowest BCUT2D eigenvalue weighted by atomic mass is 10.2. The largest absolute Gasteiger partial charge is 0.333 e. The van der Waals surface area contributed by atoms with Crippen LogP contribution in [-0.2, 0) is 6.54 Å². The molecule has 0 aliphatic heterocycles. The van der Waals surface area contributed by atoms with Gasteiger partial charge in [0.1, 0.15) is 10.8 Å². The quantitative estimate of drug-likeness (QED) is 0.564. The lowest BCUT2D eigenvalue weighted by Gasteiger charge is -2.07. The summed E-state index contributed by atoms with van der Waals surface area (Å²) in [6.07, 6.45) is 0. The number of thiazole rings is 1. The lowest BCUT2D eigenvalue weighted by molar-refractivity contribution is 0.252. The highest BCUT2D eigenvalue weighted by Gasteiger charge is 2.13. The molecule has 2 N–H and O–H groups in total. The molecule has 0 saturated carbocycles. The Morgan fingerprint density at radius 1 is 1.19 bits per heavy atom. The maximum Gasteiger partial charge on any atom is 0.319 e. The molecule has 8 heteroatoms. The van der Waals surface area contributed by atoms with E-state index >= 15 is 0 Å². The van der Waals surface area contributed by atoms with Crippen LogP contribution in [0.25, 0.3) is 10.6 Å². The number of aryl methyl sites for hydroxylation is 1. The van der Waals surface area contributed by atoms with Gasteiger partial charge in [-0.25, -0.2) is 14.2 Å². The van der Waals surface area contributed by atoms with Gasteiger partial charge in [-0.2, -0.15) is 0 Å². The molecule has 0 aliphatic rings. The normalized spacial score (nSPS) is 10.6. The molecule has 0 fully saturated rings. The molecule has 3 aromatic rings. The van der Waals surface area contributed by atoms with Crippen molar-refractivity contribution in [3.05, 3.63) is 68.9 Å². The van der Waals surface area contributed by atoms with Crippen molar-refractivity contribution in [3.63, 3.8) is 0 Å². The monoisotopic (exact) mass is 409 g/mol. The van der Waals surface area contributed by atoms with Gasteiger partial charge in [0.2, 0.25) is 0 Å². The number of carbonyl (C=O) groups excluding carboxylic acids is 1. The van der Waals surface area contributed by atoms with Gasteiger partial charge in [0, 0.05) is 16.1 Å². The van der Waals surface area contributed by atoms with Gasteiger partial charge >= 0.3 is 6.03 Å². The number of halogens is 3. The molecule has 0 atom stereocenters. The third-order valence-electron chi connectivity index (χ3n) is 3.58. The summed E-state index contributed by atoms with van der Waals surface area (Å²) in [6, 6.07) is 11.0. The molecule has 0 radical (unpaired) electrons. The van der Waals surface area contributed by atoms with Crippen LogP contribution in [0.1, 0.15) is 10.6 Å². The molecule has 0 unspecified atom stereocenters. The van der Waals surface area contributed by atoms with Crippen molar-refractivity contribution < 1.29 is 9.18 Å². The third kappa shape index (κ3) is 4.33. The second-order valence-electron chi connectivity index (χ2n) is 5.44. The standard InChI is InChI=1S/C18H14Cl2FN3OS/c1-10-16(26-17(23-10)12-4-2-3-5-13(12)19)9-22-18(25)24-11-6-7-15(21)14(20)8-11/h2-8H,9H2,1H3,(H2,22,24,25). The molecule has 134 valence electrons. The van der Waals surface area contributed by atoms with E-state index in [1.54, 1.807) is 0 Å². The summed E-state index contributed by atoms with van der Waals surface area (Å²) in [7, 11) is 0. The van der Waals surface area contributed by atoms with Crippen molar-refractivity contribution in [2.75, 3.05) is 5.32 Å². The van der Waals surface area contributed by atoms with E-state index in [9.17, 15) is 9.18 Å². The number of hydrogen-bond acceptors (Lipinski definition) is 3. The Morgan fingerprint density at radius 2 is 1.96 bits per heavy atom. The minimum Gasteiger partial charge on any atom is -0.333 e. The van der Waals surface area contributed by atoms with Gasteiger partial charge in [0.15, 0.2) is 0 Å². The zero-order valence-electron chi connectivity index (χ0n) is 13.6. The molecule has 1 heterocycles. The van der Waals surface area contributed by atoms with Crippen LogP contribution in [-0.4, -0.2) is 11.0 Å². The van der Waals surface area contributed by atoms with Crippen molar-refractivity contribution in [2.45, 2.75) is 13.5 Å². The third-order valence-corrected chi connectivity index (χ3v) is 5.39. The first-order chi connectivity index (χ1) is 12.4. The Labute approximate surface area is 164 Å². The number of rotatable bonds is 4. The van der Waals surface area contributed by atoms with Gasteiger partial charge in [0.25, 0.3) is 0 Å². The summed E-state index contributed by atoms with van der Waals surface area (Å²) in [5, 5.41) is 6.74. The first kappa shape index (κ1) is 18.6. The van der Waals surface area contributed by atoms with Crippen molar-refractivity contribution in [1.29, 1.82) is 0 Å². The van der Waals surface area contributed by atoms with E-state index in [1.807, 2.05) is 31.2 Å². The number of hydrogen-bond donors (Lipinski definition) is 2. The molecular formula is C18H14Cl2FN3OS. The van der Waals surface area contributed by atoms with E-state index in [1.165, 1.54) is 29.5 Å². The van der Waals surface area contributed by atoms with Crippen LogP contribution < -0.4 is 10.6 Å². The fourth-order valence-electron chi connectivity index (χ4n) is 2.25. The predicted molar refractivity (Wildman–Crippen MR) is 105 cm³/mol. The summed E-state index contributed by atoms with van der Waals surface area (Å²) < 4.78 is 13.1. The SMILES string of the molecule is Cc1nc(-c2ccccc2Cl)sc1CNC(=O)Nc1ccc(F)c(Cl)c1. The number of benzene rings is 2. The van der Waals surface area contributed by atoms with Crippen molar-refractivity contribution in [2.24, 2.45) is 0 Å². The number of carbonyl (C=O) groups is 1. The van der Waals surface area contributed by atoms with E-state index in [0.29, 0.717) is 17.3 Å². The van der Waals surface area contributed by atoms with Crippen LogP contribution in [0.15, 0.2) is 42.5 Å². The van der Waals surface area contributed by atoms with Crippen LogP contribution in [0.3, 0.4) is 0 Å². The number of urea groups is 1. The predicted octanol–water partition coefficient (Wildman–Crippen LogP) is 5.89. The Kier molecular flexibility index (Phi) is 5.76. The summed E-state index contributed by atoms with van der Waals surface area (Å²) in [5.74, 6) is -0.537. The summed E-state index contributed by atoms with van der Waals surface area (Å²) in [5.41, 5.74) is 2.10. The minimum atomic E-state index is -0.537. The maximum atomic E-state index is 13.1. The second kappa shape index (κ2) is 8.03. The highest BCUT2D eigenvalue weighted by Crippen LogP contribution is 2.32. The highest BCUT2D eigenvalue weighted by molar-refractivity contribution is 7.15. The van der Waals surface area contributed by atoms with E-state index in [2.05, 4.69) is 15.6 Å². The number of anilines is 1. The Balaban J connectivity index is 1.65. The van der Waals surface area contributed by atoms with Gasteiger partial charge < -0.3 is 10.6 Å². The van der Waals surface area contributed by atoms with E-state index < -0.39 is 11.8 Å². The fraction of sp³-hybridized carbons (Fsp3) is 0.111. The fourth-order valence-corrected chi connectivity index (χ4v) is 3.76. The molecule has 3 rings (SSSR count). The highest BCUT2D eigenvalue weighted by atomic mass is 35.5. The van der Waals surface area contributed by atoms with E-state index in [0.717, 1.165) is 21.1 Å². The molecule has 2 amide bonds. The summed E-state index contributed by atoms with van der Waals surface area (Å²) in [6.45, 7) is 2.19. The molecule has 4 nitrogen and oxygen atoms in total. The molecule has 0 spiro atoms. The van der Waals surface area contributed by atoms with E-state index in [4.69, 9.17) is 23.2 Å². The molecule has 0 aliphatic carbocycles. The molecular weight excluding hydrogens is 396 g/mol. The number of aromatic nitrogens is 1. The van der Waals surface area contributed by atoms with Crippen molar-refractivity contribution in [3.8, 4) is 10.6 Å². The molecule has 2 aromatic carbocycles. The Bertz CT molecular complexity index is 961. The van der Waals surface area contributed by atoms with Crippen molar-refractivity contribution >= 4 is 46.3 Å². The van der Waals surface area contributed by atoms with Crippen LogP contribution in [0.4, 0.5) is 14.9 Å². The smallest absolute Gasteiger partial charge is 0.319 e. The van der Waals surface area contributed by atoms with Gasteiger partial charge in [0.05, 0.1) is 22.3 Å². The van der Waals surface area contributed by atoms with Gasteiger partial charge in [-0.15, -0.1) is 11.3 Å². The average molecular weight is 410 g/mol. The molecule has 0 bridgehead atoms. The minimum absolute atomic E-state index is 0.0505. The van der Waals surface area contributed by atoms with Crippen LogP contribution in [0.5, 0.6) is 0 Å². The zero-order valence-corrected chi connectivity index (χ0v) is 16.0. The van der Waals surface area contributed by atoms with Gasteiger partial charge in [-0.1, -0.05) is 41.4 Å². The Hall–Kier alpha value is -2.15. The first-order valence-electron chi connectivity index (χ1n) is 7.65. The van der Waals surface area contributed by atoms with Gasteiger partial charge in [-0.05, 0) is 31.2 Å². The number of amides is 2. The molecule has 0 saturated heterocycles. The van der Waals surface area contributed by atoms with E-state index in [-0.39, 0.29) is 5.02 Å². The molecule has 26 heavy (non-hydrogen) atoms. The topological polar surface area (TPSA) is 54.0 Å². The van der Waals surface area contributed by atoms with Crippen molar-refractivity contribution in [1.82, 2.24) is 10.3 Å². The second-order valence-corrected chi connectivity index (χ2v) is 7.34. The number of nitrogens with one attached hydrogen (secondary N) is 2. The lowest BCUT2D eigenvalue weighted by Crippen LogP contribution is -2.28. The maximum absolute atomic E-state index is 13.1. The average Bonchev–Trinajstić information content (AvgIpc) is 2.97. The summed E-state index contributed by atoms with van der Waals surface area (Å²) >= 11 is 13.4. The van der Waals surface area contributed by atoms with Gasteiger partial charge in [-0.3, -0.25) is 0 Å². The molecule has 1 aromatic heterocycles. The Morgan fingerprint density at radius 3 is 2.69 bits per heavy atom. The van der Waals surface area contributed by atoms with Crippen LogP contribution in [0.2, 0.25) is 10.0 Å². The summed E-state index contributed by atoms with van der Waals surface area (Å²) in [4.78, 5) is 17.5. The first-order valence-corrected chi connectivity index (χ1v) is 9.22. The van der Waals surface area contributed by atoms with Crippen LogP contribution in [0, 0.1) is 12.7 Å².